The highest BCUT2D eigenvalue weighted by atomic mass is 16.7. The van der Waals surface area contributed by atoms with E-state index in [-0.39, 0.29) is 19.3 Å². The quantitative estimate of drug-likeness (QED) is 0.432. The van der Waals surface area contributed by atoms with Gasteiger partial charge in [-0.25, -0.2) is 0 Å². The third kappa shape index (κ3) is 4.46. The van der Waals surface area contributed by atoms with Crippen LogP contribution in [-0.2, 0) is 16.2 Å². The second kappa shape index (κ2) is 8.73. The number of aryl methyl sites for hydroxylation is 1. The molecule has 1 aliphatic heterocycles. The minimum absolute atomic E-state index is 0.198. The maximum Gasteiger partial charge on any atom is 0.268 e. The summed E-state index contributed by atoms with van der Waals surface area (Å²) in [4.78, 5) is 19.9. The van der Waals surface area contributed by atoms with Crippen LogP contribution in [0.25, 0.3) is 0 Å². The lowest BCUT2D eigenvalue weighted by Gasteiger charge is -2.21. The van der Waals surface area contributed by atoms with E-state index in [1.165, 1.54) is 0 Å². The van der Waals surface area contributed by atoms with Gasteiger partial charge < -0.3 is 23.6 Å². The molecule has 0 atom stereocenters. The number of carbonyl (C=O) groups excluding carboxylic acids is 1. The Kier molecular flexibility index (Phi) is 5.70. The maximum atomic E-state index is 12.9. The molecule has 0 bridgehead atoms. The monoisotopic (exact) mass is 406 g/mol. The number of ether oxygens (including phenoxy) is 2. The number of furan rings is 1. The number of oxime groups is 1. The van der Waals surface area contributed by atoms with Gasteiger partial charge in [-0.1, -0.05) is 22.9 Å². The molecular formula is C23H22N2O5. The fourth-order valence-electron chi connectivity index (χ4n) is 3.04. The van der Waals surface area contributed by atoms with Gasteiger partial charge in [0.05, 0.1) is 18.5 Å². The van der Waals surface area contributed by atoms with E-state index >= 15 is 0 Å². The van der Waals surface area contributed by atoms with Crippen LogP contribution in [0.4, 0.5) is 5.69 Å². The highest BCUT2D eigenvalue weighted by Crippen LogP contribution is 2.32. The van der Waals surface area contributed by atoms with Gasteiger partial charge in [-0.2, -0.15) is 0 Å². The number of amides is 1. The average molecular weight is 406 g/mol. The predicted molar refractivity (Wildman–Crippen MR) is 112 cm³/mol. The minimum atomic E-state index is -0.225. The Morgan fingerprint density at radius 3 is 2.67 bits per heavy atom. The Hall–Kier alpha value is -3.74. The summed E-state index contributed by atoms with van der Waals surface area (Å²) in [7, 11) is 0. The van der Waals surface area contributed by atoms with Crippen LogP contribution in [-0.4, -0.2) is 25.0 Å². The van der Waals surface area contributed by atoms with Gasteiger partial charge in [0, 0.05) is 11.3 Å². The van der Waals surface area contributed by atoms with Crippen molar-refractivity contribution in [3.05, 3.63) is 77.7 Å². The van der Waals surface area contributed by atoms with Gasteiger partial charge in [-0.3, -0.25) is 4.79 Å². The molecule has 0 N–H and O–H groups in total. The smallest absolute Gasteiger partial charge is 0.268 e. The van der Waals surface area contributed by atoms with Crippen molar-refractivity contribution in [3.63, 3.8) is 0 Å². The molecule has 0 spiro atoms. The van der Waals surface area contributed by atoms with Crippen LogP contribution >= 0.6 is 0 Å². The van der Waals surface area contributed by atoms with Crippen molar-refractivity contribution in [2.45, 2.75) is 20.4 Å². The first-order chi connectivity index (χ1) is 14.6. The molecule has 154 valence electrons. The Morgan fingerprint density at radius 1 is 1.10 bits per heavy atom. The largest absolute Gasteiger partial charge is 0.467 e. The lowest BCUT2D eigenvalue weighted by molar-refractivity contribution is -0.123. The number of hydrogen-bond donors (Lipinski definition) is 0. The zero-order chi connectivity index (χ0) is 20.9. The zero-order valence-electron chi connectivity index (χ0n) is 16.8. The summed E-state index contributed by atoms with van der Waals surface area (Å²) >= 11 is 0. The third-order valence-corrected chi connectivity index (χ3v) is 4.72. The molecule has 0 saturated heterocycles. The highest BCUT2D eigenvalue weighted by Gasteiger charge is 2.19. The van der Waals surface area contributed by atoms with E-state index in [9.17, 15) is 4.79 Å². The summed E-state index contributed by atoms with van der Waals surface area (Å²) in [5.74, 6) is 1.83. The molecule has 2 heterocycles. The van der Waals surface area contributed by atoms with E-state index in [1.54, 1.807) is 17.2 Å². The van der Waals surface area contributed by atoms with Crippen LogP contribution < -0.4 is 14.4 Å². The molecule has 7 nitrogen and oxygen atoms in total. The summed E-state index contributed by atoms with van der Waals surface area (Å²) in [5, 5.41) is 4.10. The number of anilines is 1. The molecule has 1 aliphatic rings. The van der Waals surface area contributed by atoms with E-state index in [2.05, 4.69) is 5.16 Å². The normalized spacial score (nSPS) is 12.7. The molecule has 0 unspecified atom stereocenters. The predicted octanol–water partition coefficient (Wildman–Crippen LogP) is 4.29. The minimum Gasteiger partial charge on any atom is -0.467 e. The first kappa shape index (κ1) is 19.6. The maximum absolute atomic E-state index is 12.9. The van der Waals surface area contributed by atoms with Crippen molar-refractivity contribution in [3.8, 4) is 11.5 Å². The molecule has 0 aliphatic carbocycles. The van der Waals surface area contributed by atoms with Gasteiger partial charge in [0.1, 0.15) is 5.76 Å². The van der Waals surface area contributed by atoms with E-state index < -0.39 is 0 Å². The fraction of sp³-hybridized carbons (Fsp3) is 0.217. The van der Waals surface area contributed by atoms with Crippen LogP contribution in [0, 0.1) is 6.92 Å². The first-order valence-electron chi connectivity index (χ1n) is 9.56. The van der Waals surface area contributed by atoms with Crippen molar-refractivity contribution < 1.29 is 23.5 Å². The Morgan fingerprint density at radius 2 is 1.90 bits per heavy atom. The van der Waals surface area contributed by atoms with Crippen LogP contribution in [0.5, 0.6) is 11.5 Å². The van der Waals surface area contributed by atoms with E-state index in [4.69, 9.17) is 18.7 Å². The summed E-state index contributed by atoms with van der Waals surface area (Å²) in [6.07, 6.45) is 1.59. The second-order valence-corrected chi connectivity index (χ2v) is 6.91. The second-order valence-electron chi connectivity index (χ2n) is 6.91. The van der Waals surface area contributed by atoms with Gasteiger partial charge in [0.15, 0.2) is 18.1 Å². The highest BCUT2D eigenvalue weighted by molar-refractivity contribution is 5.99. The summed E-state index contributed by atoms with van der Waals surface area (Å²) in [6, 6.07) is 16.9. The summed E-state index contributed by atoms with van der Waals surface area (Å²) in [6.45, 7) is 4.13. The first-order valence-corrected chi connectivity index (χ1v) is 9.56. The van der Waals surface area contributed by atoms with Gasteiger partial charge >= 0.3 is 0 Å². The summed E-state index contributed by atoms with van der Waals surface area (Å²) in [5.41, 5.74) is 3.35. The molecule has 0 fully saturated rings. The fourth-order valence-corrected chi connectivity index (χ4v) is 3.04. The van der Waals surface area contributed by atoms with Crippen LogP contribution in [0.2, 0.25) is 0 Å². The van der Waals surface area contributed by atoms with Gasteiger partial charge in [-0.15, -0.1) is 0 Å². The van der Waals surface area contributed by atoms with Gasteiger partial charge in [-0.05, 0) is 56.3 Å². The molecule has 2 aromatic carbocycles. The lowest BCUT2D eigenvalue weighted by Crippen LogP contribution is -2.33. The molecule has 4 rings (SSSR count). The Bertz CT molecular complexity index is 1040. The number of rotatable bonds is 7. The number of nitrogens with zero attached hydrogens (tertiary/aromatic N) is 2. The molecule has 1 aromatic heterocycles. The zero-order valence-corrected chi connectivity index (χ0v) is 16.8. The Labute approximate surface area is 174 Å². The molecule has 0 saturated carbocycles. The van der Waals surface area contributed by atoms with Crippen LogP contribution in [0.1, 0.15) is 23.8 Å². The number of carbonyl (C=O) groups is 1. The van der Waals surface area contributed by atoms with E-state index in [0.717, 1.165) is 16.8 Å². The standard InChI is InChI=1S/C23H22N2O5/c1-16-5-8-19(9-6-16)25(13-20-4-3-11-27-20)23(26)14-30-24-17(2)18-7-10-21-22(12-18)29-15-28-21/h3-12H,13-15H2,1-2H3/b24-17+. The topological polar surface area (TPSA) is 73.5 Å². The Balaban J connectivity index is 1.44. The molecule has 1 amide bonds. The van der Waals surface area contributed by atoms with Crippen molar-refractivity contribution >= 4 is 17.3 Å². The summed E-state index contributed by atoms with van der Waals surface area (Å²) < 4.78 is 16.1. The van der Waals surface area contributed by atoms with Crippen LogP contribution in [0.15, 0.2) is 70.4 Å². The molecule has 3 aromatic rings. The van der Waals surface area contributed by atoms with Gasteiger partial charge in [0.2, 0.25) is 6.79 Å². The number of hydrogen-bond acceptors (Lipinski definition) is 6. The van der Waals surface area contributed by atoms with Crippen molar-refractivity contribution in [2.24, 2.45) is 5.16 Å². The lowest BCUT2D eigenvalue weighted by atomic mass is 10.1. The molecule has 0 radical (unpaired) electrons. The van der Waals surface area contributed by atoms with Crippen molar-refractivity contribution in [1.29, 1.82) is 0 Å². The van der Waals surface area contributed by atoms with Crippen LogP contribution in [0.3, 0.4) is 0 Å². The van der Waals surface area contributed by atoms with E-state index in [1.807, 2.05) is 62.4 Å². The molecule has 30 heavy (non-hydrogen) atoms. The van der Waals surface area contributed by atoms with Crippen molar-refractivity contribution in [1.82, 2.24) is 0 Å². The van der Waals surface area contributed by atoms with E-state index in [0.29, 0.717) is 29.5 Å². The molecule has 7 heteroatoms. The average Bonchev–Trinajstić information content (AvgIpc) is 3.43. The third-order valence-electron chi connectivity index (χ3n) is 4.72. The number of fused-ring (bicyclic) bond motifs is 1. The van der Waals surface area contributed by atoms with Gasteiger partial charge in [0.25, 0.3) is 5.91 Å². The molecular weight excluding hydrogens is 384 g/mol. The number of benzene rings is 2. The van der Waals surface area contributed by atoms with Crippen molar-refractivity contribution in [2.75, 3.05) is 18.3 Å². The SMILES string of the molecule is C/C(=N\OCC(=O)N(Cc1ccco1)c1ccc(C)cc1)c1ccc2c(c1)OCO2.